The molecule has 0 bridgehead atoms. The number of para-hydroxylation sites is 4. The Labute approximate surface area is 289 Å². The van der Waals surface area contributed by atoms with Gasteiger partial charge in [-0.1, -0.05) is 72.8 Å². The third-order valence-electron chi connectivity index (χ3n) is 8.32. The van der Waals surface area contributed by atoms with Crippen molar-refractivity contribution in [2.24, 2.45) is 0 Å². The molecule has 6 aromatic carbocycles. The molecule has 7 heteroatoms. The van der Waals surface area contributed by atoms with Gasteiger partial charge in [0, 0.05) is 28.7 Å². The zero-order chi connectivity index (χ0) is 32.7. The molecule has 0 aliphatic carbocycles. The third kappa shape index (κ3) is 5.58. The fourth-order valence-electron chi connectivity index (χ4n) is 6.39. The molecule has 0 aliphatic heterocycles. The van der Waals surface area contributed by atoms with Gasteiger partial charge in [-0.2, -0.15) is 0 Å². The Hall–Kier alpha value is -4.56. The Balaban J connectivity index is 0.000000151. The SMILES string of the molecule is COCOc1c(Br)cc(C)cc1-n1c2ccccc2c2ccccc21.Cc1cc(Br)c(O)c(-n2c3ccccc3c3ccccc32)c1. The highest BCUT2D eigenvalue weighted by Gasteiger charge is 2.18. The van der Waals surface area contributed by atoms with Gasteiger partial charge in [-0.25, -0.2) is 0 Å². The Kier molecular flexibility index (Phi) is 8.53. The minimum atomic E-state index is 0.200. The molecule has 0 radical (unpaired) electrons. The normalized spacial score (nSPS) is 11.3. The van der Waals surface area contributed by atoms with E-state index in [1.807, 2.05) is 43.3 Å². The first kappa shape index (κ1) is 31.1. The van der Waals surface area contributed by atoms with Crippen molar-refractivity contribution in [2.75, 3.05) is 13.9 Å². The van der Waals surface area contributed by atoms with Crippen LogP contribution in [0.5, 0.6) is 11.5 Å². The first-order chi connectivity index (χ1) is 22.9. The molecule has 8 aromatic rings. The number of aromatic hydroxyl groups is 1. The first-order valence-electron chi connectivity index (χ1n) is 15.3. The fourth-order valence-corrected chi connectivity index (χ4v) is 7.63. The van der Waals surface area contributed by atoms with Crippen molar-refractivity contribution >= 4 is 75.5 Å². The number of aromatic nitrogens is 2. The smallest absolute Gasteiger partial charge is 0.188 e. The summed E-state index contributed by atoms with van der Waals surface area (Å²) in [6.07, 6.45) is 0. The summed E-state index contributed by atoms with van der Waals surface area (Å²) in [5.74, 6) is 1.04. The molecule has 1 N–H and O–H groups in total. The minimum Gasteiger partial charge on any atom is -0.505 e. The second-order valence-corrected chi connectivity index (χ2v) is 13.2. The van der Waals surface area contributed by atoms with E-state index in [9.17, 15) is 5.11 Å². The summed E-state index contributed by atoms with van der Waals surface area (Å²) in [6.45, 7) is 4.32. The van der Waals surface area contributed by atoms with Crippen LogP contribution in [0.3, 0.4) is 0 Å². The van der Waals surface area contributed by atoms with Crippen LogP contribution in [0.4, 0.5) is 0 Å². The molecule has 0 saturated heterocycles. The van der Waals surface area contributed by atoms with Crippen molar-refractivity contribution in [1.29, 1.82) is 0 Å². The molecule has 8 rings (SSSR count). The van der Waals surface area contributed by atoms with Crippen molar-refractivity contribution in [1.82, 2.24) is 9.13 Å². The molecule has 234 valence electrons. The van der Waals surface area contributed by atoms with Gasteiger partial charge in [0.25, 0.3) is 0 Å². The number of phenolic OH excluding ortho intramolecular Hbond substituents is 1. The molecule has 47 heavy (non-hydrogen) atoms. The highest BCUT2D eigenvalue weighted by Crippen LogP contribution is 2.40. The lowest BCUT2D eigenvalue weighted by Crippen LogP contribution is -2.05. The van der Waals surface area contributed by atoms with E-state index in [0.717, 1.165) is 54.8 Å². The molecule has 5 nitrogen and oxygen atoms in total. The third-order valence-corrected chi connectivity index (χ3v) is 9.51. The van der Waals surface area contributed by atoms with Crippen molar-refractivity contribution < 1.29 is 14.6 Å². The summed E-state index contributed by atoms with van der Waals surface area (Å²) in [5.41, 5.74) is 8.56. The number of rotatable bonds is 5. The van der Waals surface area contributed by atoms with Crippen molar-refractivity contribution in [3.8, 4) is 22.9 Å². The number of hydrogen-bond acceptors (Lipinski definition) is 3. The minimum absolute atomic E-state index is 0.200. The molecule has 0 unspecified atom stereocenters. The van der Waals surface area contributed by atoms with Crippen LogP contribution in [0.2, 0.25) is 0 Å². The van der Waals surface area contributed by atoms with Crippen LogP contribution in [0.15, 0.2) is 130 Å². The predicted octanol–water partition coefficient (Wildman–Crippen LogP) is 11.4. The van der Waals surface area contributed by atoms with Crippen LogP contribution in [0.25, 0.3) is 55.0 Å². The Bertz CT molecular complexity index is 2320. The number of aryl methyl sites for hydroxylation is 2. The molecule has 0 saturated carbocycles. The monoisotopic (exact) mass is 746 g/mol. The number of ether oxygens (including phenoxy) is 2. The summed E-state index contributed by atoms with van der Waals surface area (Å²) in [4.78, 5) is 0. The van der Waals surface area contributed by atoms with Gasteiger partial charge < -0.3 is 23.7 Å². The first-order valence-corrected chi connectivity index (χ1v) is 16.8. The summed E-state index contributed by atoms with van der Waals surface area (Å²) < 4.78 is 17.0. The molecule has 0 aliphatic rings. The van der Waals surface area contributed by atoms with Crippen LogP contribution in [-0.2, 0) is 4.74 Å². The maximum atomic E-state index is 10.5. The maximum absolute atomic E-state index is 10.5. The number of fused-ring (bicyclic) bond motifs is 6. The van der Waals surface area contributed by atoms with Crippen molar-refractivity contribution in [3.05, 3.63) is 141 Å². The average Bonchev–Trinajstić information content (AvgIpc) is 3.59. The second-order valence-electron chi connectivity index (χ2n) is 11.5. The zero-order valence-corrected chi connectivity index (χ0v) is 29.3. The van der Waals surface area contributed by atoms with Crippen LogP contribution in [0, 0.1) is 13.8 Å². The molecule has 2 heterocycles. The second kappa shape index (κ2) is 12.9. The largest absolute Gasteiger partial charge is 0.505 e. The lowest BCUT2D eigenvalue weighted by atomic mass is 10.2. The van der Waals surface area contributed by atoms with E-state index in [1.54, 1.807) is 7.11 Å². The van der Waals surface area contributed by atoms with E-state index in [1.165, 1.54) is 21.5 Å². The summed E-state index contributed by atoms with van der Waals surface area (Å²) in [6, 6.07) is 41.6. The Morgan fingerprint density at radius 3 is 1.38 bits per heavy atom. The molecule has 0 fully saturated rings. The fraction of sp³-hybridized carbons (Fsp3) is 0.100. The van der Waals surface area contributed by atoms with Gasteiger partial charge in [-0.3, -0.25) is 0 Å². The number of phenols is 1. The summed E-state index contributed by atoms with van der Waals surface area (Å²) >= 11 is 7.10. The highest BCUT2D eigenvalue weighted by atomic mass is 79.9. The lowest BCUT2D eigenvalue weighted by Gasteiger charge is -2.16. The average molecular weight is 749 g/mol. The van der Waals surface area contributed by atoms with E-state index >= 15 is 0 Å². The quantitative estimate of drug-likeness (QED) is 0.178. The van der Waals surface area contributed by atoms with Crippen LogP contribution in [-0.4, -0.2) is 28.1 Å². The van der Waals surface area contributed by atoms with E-state index in [0.29, 0.717) is 4.47 Å². The molecular formula is C40H32Br2N2O3. The van der Waals surface area contributed by atoms with Gasteiger partial charge in [-0.15, -0.1) is 0 Å². The number of halogens is 2. The molecule has 0 spiro atoms. The number of methoxy groups -OCH3 is 1. The van der Waals surface area contributed by atoms with Gasteiger partial charge >= 0.3 is 0 Å². The maximum Gasteiger partial charge on any atom is 0.188 e. The van der Waals surface area contributed by atoms with Gasteiger partial charge in [0.1, 0.15) is 0 Å². The van der Waals surface area contributed by atoms with Gasteiger partial charge in [0.15, 0.2) is 18.3 Å². The highest BCUT2D eigenvalue weighted by molar-refractivity contribution is 9.11. The number of hydrogen-bond donors (Lipinski definition) is 1. The Morgan fingerprint density at radius 1 is 0.553 bits per heavy atom. The summed E-state index contributed by atoms with van der Waals surface area (Å²) in [5, 5.41) is 15.4. The zero-order valence-electron chi connectivity index (χ0n) is 26.2. The van der Waals surface area contributed by atoms with Crippen LogP contribution >= 0.6 is 31.9 Å². The van der Waals surface area contributed by atoms with E-state index in [4.69, 9.17) is 9.47 Å². The molecule has 0 amide bonds. The van der Waals surface area contributed by atoms with Crippen LogP contribution < -0.4 is 4.74 Å². The van der Waals surface area contributed by atoms with Crippen LogP contribution in [0.1, 0.15) is 11.1 Å². The predicted molar refractivity (Wildman–Crippen MR) is 201 cm³/mol. The van der Waals surface area contributed by atoms with E-state index in [2.05, 4.69) is 133 Å². The van der Waals surface area contributed by atoms with E-state index in [-0.39, 0.29) is 12.5 Å². The van der Waals surface area contributed by atoms with E-state index < -0.39 is 0 Å². The van der Waals surface area contributed by atoms with Gasteiger partial charge in [0.2, 0.25) is 0 Å². The Morgan fingerprint density at radius 2 is 0.936 bits per heavy atom. The number of nitrogens with zero attached hydrogens (tertiary/aromatic N) is 2. The van der Waals surface area contributed by atoms with Crippen molar-refractivity contribution in [2.45, 2.75) is 13.8 Å². The van der Waals surface area contributed by atoms with Crippen molar-refractivity contribution in [3.63, 3.8) is 0 Å². The standard InChI is InChI=1S/C21H18BrNO2.C19H14BrNO/c1-14-11-17(22)21(25-13-24-2)20(12-14)23-18-9-5-3-7-15(18)16-8-4-6-10-19(16)23;1-12-10-15(20)19(22)18(11-12)21-16-8-4-2-6-13(16)14-7-3-5-9-17(14)21/h3-12H,13H2,1-2H3;2-11,22H,1H3. The molecular weight excluding hydrogens is 716 g/mol. The van der Waals surface area contributed by atoms with Gasteiger partial charge in [0.05, 0.1) is 42.4 Å². The number of benzene rings is 6. The van der Waals surface area contributed by atoms with Gasteiger partial charge in [-0.05, 0) is 105 Å². The molecule has 0 atom stereocenters. The topological polar surface area (TPSA) is 48.6 Å². The molecule has 2 aromatic heterocycles. The summed E-state index contributed by atoms with van der Waals surface area (Å²) in [7, 11) is 1.63. The lowest BCUT2D eigenvalue weighted by molar-refractivity contribution is 0.0505.